The molecule has 2 heteroatoms. The number of carbonyl (C=O) groups is 1. The maximum Gasteiger partial charge on any atom is 0.186 e. The summed E-state index contributed by atoms with van der Waals surface area (Å²) >= 11 is 3.37. The Kier molecular flexibility index (Phi) is 4.72. The molecule has 2 rings (SSSR count). The highest BCUT2D eigenvalue weighted by molar-refractivity contribution is 9.10. The summed E-state index contributed by atoms with van der Waals surface area (Å²) in [6, 6.07) is 16.8. The topological polar surface area (TPSA) is 17.1 Å². The van der Waals surface area contributed by atoms with Crippen LogP contribution >= 0.6 is 15.9 Å². The number of hydrogen-bond acceptors (Lipinski definition) is 1. The minimum absolute atomic E-state index is 0.0364. The van der Waals surface area contributed by atoms with Crippen LogP contribution < -0.4 is 0 Å². The van der Waals surface area contributed by atoms with E-state index in [1.165, 1.54) is 6.08 Å². The number of rotatable bonds is 2. The Hall–Kier alpha value is -2.11. The third-order valence-electron chi connectivity index (χ3n) is 2.44. The standard InChI is InChI=1S/C17H11BrO/c18-16-12-10-14(11-13-16)6-4-5-9-17(19)15-7-2-1-3-8-15/h1-3,5,7-13H/b9-5+. The molecule has 1 nitrogen and oxygen atoms in total. The lowest BCUT2D eigenvalue weighted by Crippen LogP contribution is -1.92. The van der Waals surface area contributed by atoms with Crippen LogP contribution in [0, 0.1) is 11.8 Å². The van der Waals surface area contributed by atoms with Crippen molar-refractivity contribution in [3.63, 3.8) is 0 Å². The highest BCUT2D eigenvalue weighted by atomic mass is 79.9. The van der Waals surface area contributed by atoms with E-state index in [2.05, 4.69) is 27.8 Å². The van der Waals surface area contributed by atoms with E-state index in [0.29, 0.717) is 5.56 Å². The van der Waals surface area contributed by atoms with Crippen molar-refractivity contribution in [2.75, 3.05) is 0 Å². The first kappa shape index (κ1) is 13.3. The van der Waals surface area contributed by atoms with E-state index in [9.17, 15) is 4.79 Å². The normalized spacial score (nSPS) is 9.95. The van der Waals surface area contributed by atoms with Crippen LogP contribution in [0.1, 0.15) is 15.9 Å². The van der Waals surface area contributed by atoms with Crippen molar-refractivity contribution < 1.29 is 4.79 Å². The molecule has 0 aliphatic rings. The number of ketones is 1. The molecule has 0 spiro atoms. The highest BCUT2D eigenvalue weighted by Gasteiger charge is 1.97. The molecule has 2 aromatic rings. The first-order valence-corrected chi connectivity index (χ1v) is 6.58. The molecule has 19 heavy (non-hydrogen) atoms. The van der Waals surface area contributed by atoms with E-state index in [0.717, 1.165) is 10.0 Å². The third-order valence-corrected chi connectivity index (χ3v) is 2.97. The molecule has 0 aliphatic heterocycles. The van der Waals surface area contributed by atoms with Gasteiger partial charge < -0.3 is 0 Å². The maximum atomic E-state index is 11.7. The van der Waals surface area contributed by atoms with Crippen molar-refractivity contribution in [1.82, 2.24) is 0 Å². The molecule has 0 unspecified atom stereocenters. The molecule has 92 valence electrons. The van der Waals surface area contributed by atoms with Crippen molar-refractivity contribution in [1.29, 1.82) is 0 Å². The van der Waals surface area contributed by atoms with Crippen molar-refractivity contribution in [3.05, 3.63) is 82.3 Å². The summed E-state index contributed by atoms with van der Waals surface area (Å²) in [5.41, 5.74) is 1.59. The van der Waals surface area contributed by atoms with Gasteiger partial charge in [-0.1, -0.05) is 58.1 Å². The van der Waals surface area contributed by atoms with E-state index < -0.39 is 0 Å². The number of halogens is 1. The van der Waals surface area contributed by atoms with Crippen LogP contribution in [0.4, 0.5) is 0 Å². The summed E-state index contributed by atoms with van der Waals surface area (Å²) in [5.74, 6) is 5.79. The van der Waals surface area contributed by atoms with Gasteiger partial charge in [0.25, 0.3) is 0 Å². The second-order valence-corrected chi connectivity index (χ2v) is 4.76. The second kappa shape index (κ2) is 6.72. The average Bonchev–Trinajstić information content (AvgIpc) is 2.46. The Morgan fingerprint density at radius 2 is 1.68 bits per heavy atom. The minimum Gasteiger partial charge on any atom is -0.289 e. The zero-order chi connectivity index (χ0) is 13.5. The molecule has 2 aromatic carbocycles. The molecule has 0 fully saturated rings. The van der Waals surface area contributed by atoms with Gasteiger partial charge in [-0.25, -0.2) is 0 Å². The summed E-state index contributed by atoms with van der Waals surface area (Å²) in [6.07, 6.45) is 3.07. The van der Waals surface area contributed by atoms with Crippen LogP contribution in [-0.2, 0) is 0 Å². The largest absolute Gasteiger partial charge is 0.289 e. The van der Waals surface area contributed by atoms with Crippen LogP contribution in [-0.4, -0.2) is 5.78 Å². The van der Waals surface area contributed by atoms with Gasteiger partial charge in [0.2, 0.25) is 0 Å². The van der Waals surface area contributed by atoms with Gasteiger partial charge >= 0.3 is 0 Å². The molecule has 0 amide bonds. The fourth-order valence-electron chi connectivity index (χ4n) is 1.47. The van der Waals surface area contributed by atoms with Gasteiger partial charge in [-0.05, 0) is 36.4 Å². The van der Waals surface area contributed by atoms with Crippen LogP contribution in [0.2, 0.25) is 0 Å². The van der Waals surface area contributed by atoms with Crippen LogP contribution in [0.3, 0.4) is 0 Å². The Morgan fingerprint density at radius 3 is 2.37 bits per heavy atom. The quantitative estimate of drug-likeness (QED) is 0.460. The molecule has 0 aromatic heterocycles. The van der Waals surface area contributed by atoms with E-state index in [-0.39, 0.29) is 5.78 Å². The van der Waals surface area contributed by atoms with Crippen LogP contribution in [0.5, 0.6) is 0 Å². The van der Waals surface area contributed by atoms with Gasteiger partial charge in [-0.3, -0.25) is 4.79 Å². The lowest BCUT2D eigenvalue weighted by atomic mass is 10.1. The first-order chi connectivity index (χ1) is 9.25. The number of benzene rings is 2. The van der Waals surface area contributed by atoms with Gasteiger partial charge in [-0.15, -0.1) is 0 Å². The molecule has 0 saturated heterocycles. The summed E-state index contributed by atoms with van der Waals surface area (Å²) in [4.78, 5) is 11.7. The zero-order valence-corrected chi connectivity index (χ0v) is 11.7. The van der Waals surface area contributed by atoms with E-state index >= 15 is 0 Å². The van der Waals surface area contributed by atoms with E-state index in [1.54, 1.807) is 18.2 Å². The van der Waals surface area contributed by atoms with Gasteiger partial charge in [-0.2, -0.15) is 0 Å². The zero-order valence-electron chi connectivity index (χ0n) is 10.1. The molecule has 0 aliphatic carbocycles. The molecule has 0 N–H and O–H groups in total. The molecule has 0 radical (unpaired) electrons. The predicted octanol–water partition coefficient (Wildman–Crippen LogP) is 4.24. The SMILES string of the molecule is O=C(/C=C/C#Cc1ccc(Br)cc1)c1ccccc1. The minimum atomic E-state index is -0.0364. The lowest BCUT2D eigenvalue weighted by Gasteiger charge is -1.92. The fourth-order valence-corrected chi connectivity index (χ4v) is 1.74. The summed E-state index contributed by atoms with van der Waals surface area (Å²) < 4.78 is 1.02. The molecular formula is C17H11BrO. The Morgan fingerprint density at radius 1 is 1.00 bits per heavy atom. The van der Waals surface area contributed by atoms with E-state index in [4.69, 9.17) is 0 Å². The predicted molar refractivity (Wildman–Crippen MR) is 80.9 cm³/mol. The first-order valence-electron chi connectivity index (χ1n) is 5.79. The van der Waals surface area contributed by atoms with Crippen molar-refractivity contribution in [3.8, 4) is 11.8 Å². The second-order valence-electron chi connectivity index (χ2n) is 3.84. The number of carbonyl (C=O) groups excluding carboxylic acids is 1. The molecular weight excluding hydrogens is 300 g/mol. The van der Waals surface area contributed by atoms with Crippen molar-refractivity contribution in [2.24, 2.45) is 0 Å². The average molecular weight is 311 g/mol. The third kappa shape index (κ3) is 4.24. The number of allylic oxidation sites excluding steroid dienone is 2. The van der Waals surface area contributed by atoms with Crippen LogP contribution in [0.15, 0.2) is 71.2 Å². The number of hydrogen-bond donors (Lipinski definition) is 0. The smallest absolute Gasteiger partial charge is 0.186 e. The summed E-state index contributed by atoms with van der Waals surface area (Å²) in [7, 11) is 0. The van der Waals surface area contributed by atoms with Crippen molar-refractivity contribution >= 4 is 21.7 Å². The maximum absolute atomic E-state index is 11.7. The van der Waals surface area contributed by atoms with E-state index in [1.807, 2.05) is 42.5 Å². The van der Waals surface area contributed by atoms with Gasteiger partial charge in [0.1, 0.15) is 0 Å². The fraction of sp³-hybridized carbons (Fsp3) is 0. The van der Waals surface area contributed by atoms with Gasteiger partial charge in [0.05, 0.1) is 0 Å². The van der Waals surface area contributed by atoms with Gasteiger partial charge in [0, 0.05) is 15.6 Å². The molecule has 0 heterocycles. The molecule has 0 saturated carbocycles. The lowest BCUT2D eigenvalue weighted by molar-refractivity contribution is 0.104. The molecule has 0 atom stereocenters. The summed E-state index contributed by atoms with van der Waals surface area (Å²) in [5, 5.41) is 0. The summed E-state index contributed by atoms with van der Waals surface area (Å²) in [6.45, 7) is 0. The Labute approximate surface area is 121 Å². The molecule has 0 bridgehead atoms. The van der Waals surface area contributed by atoms with Crippen LogP contribution in [0.25, 0.3) is 0 Å². The van der Waals surface area contributed by atoms with Gasteiger partial charge in [0.15, 0.2) is 5.78 Å². The van der Waals surface area contributed by atoms with Crippen molar-refractivity contribution in [2.45, 2.75) is 0 Å². The monoisotopic (exact) mass is 310 g/mol. The highest BCUT2D eigenvalue weighted by Crippen LogP contribution is 2.09. The Bertz CT molecular complexity index is 643. The Balaban J connectivity index is 2.01.